The average Bonchev–Trinajstić information content (AvgIpc) is 3.08. The van der Waals surface area contributed by atoms with E-state index in [1.165, 1.54) is 0 Å². The van der Waals surface area contributed by atoms with Crippen LogP contribution < -0.4 is 5.32 Å². The zero-order valence-corrected chi connectivity index (χ0v) is 13.2. The predicted octanol–water partition coefficient (Wildman–Crippen LogP) is 1.03. The van der Waals surface area contributed by atoms with Gasteiger partial charge >= 0.3 is 0 Å². The fraction of sp³-hybridized carbons (Fsp3) is 0.400. The van der Waals surface area contributed by atoms with Gasteiger partial charge in [0.15, 0.2) is 5.82 Å². The molecule has 2 heterocycles. The van der Waals surface area contributed by atoms with E-state index in [1.807, 2.05) is 12.1 Å². The maximum Gasteiger partial charge on any atom is 0.251 e. The number of fused-ring (bicyclic) bond motifs is 1. The van der Waals surface area contributed by atoms with Gasteiger partial charge in [0.2, 0.25) is 0 Å². The first-order valence-corrected chi connectivity index (χ1v) is 8.94. The van der Waals surface area contributed by atoms with Gasteiger partial charge in [-0.3, -0.25) is 9.00 Å². The standard InChI is InChI=1S/C15H18N4O2S/c1-22(21)10-11-4-2-5-12(8-11)15(20)16-9-14-18-17-13-6-3-7-19(13)14/h2,4-5,8H,3,6-7,9-10H2,1H3,(H,16,20). The minimum Gasteiger partial charge on any atom is -0.345 e. The highest BCUT2D eigenvalue weighted by molar-refractivity contribution is 7.83. The SMILES string of the molecule is CS(=O)Cc1cccc(C(=O)NCc2nnc3n2CCC3)c1. The van der Waals surface area contributed by atoms with Crippen LogP contribution in [-0.4, -0.2) is 31.1 Å². The fourth-order valence-corrected chi connectivity index (χ4v) is 3.29. The van der Waals surface area contributed by atoms with Crippen LogP contribution in [0.5, 0.6) is 0 Å². The number of nitrogens with zero attached hydrogens (tertiary/aromatic N) is 3. The van der Waals surface area contributed by atoms with E-state index >= 15 is 0 Å². The van der Waals surface area contributed by atoms with E-state index in [-0.39, 0.29) is 5.91 Å². The first kappa shape index (κ1) is 14.9. The lowest BCUT2D eigenvalue weighted by molar-refractivity contribution is 0.0949. The topological polar surface area (TPSA) is 76.9 Å². The zero-order valence-electron chi connectivity index (χ0n) is 12.4. The highest BCUT2D eigenvalue weighted by Gasteiger charge is 2.17. The van der Waals surface area contributed by atoms with Crippen LogP contribution in [0.1, 0.15) is 34.0 Å². The van der Waals surface area contributed by atoms with Gasteiger partial charge in [-0.05, 0) is 24.1 Å². The number of aryl methyl sites for hydroxylation is 1. The third kappa shape index (κ3) is 3.24. The fourth-order valence-electron chi connectivity index (χ4n) is 2.64. The molecule has 1 atom stereocenters. The number of aromatic nitrogens is 3. The molecule has 1 aromatic carbocycles. The molecule has 1 aliphatic heterocycles. The molecule has 1 N–H and O–H groups in total. The Labute approximate surface area is 131 Å². The normalized spacial score (nSPS) is 14.6. The Hall–Kier alpha value is -2.02. The van der Waals surface area contributed by atoms with Crippen molar-refractivity contribution in [3.05, 3.63) is 47.0 Å². The molecule has 6 nitrogen and oxygen atoms in total. The van der Waals surface area contributed by atoms with Gasteiger partial charge in [0.1, 0.15) is 5.82 Å². The molecular formula is C15H18N4O2S. The Morgan fingerprint density at radius 3 is 3.09 bits per heavy atom. The minimum atomic E-state index is -0.919. The Morgan fingerprint density at radius 1 is 1.41 bits per heavy atom. The number of rotatable bonds is 5. The molecule has 0 aliphatic carbocycles. The monoisotopic (exact) mass is 318 g/mol. The van der Waals surface area contributed by atoms with Crippen molar-refractivity contribution in [3.63, 3.8) is 0 Å². The van der Waals surface area contributed by atoms with Gasteiger partial charge in [-0.2, -0.15) is 0 Å². The van der Waals surface area contributed by atoms with E-state index in [4.69, 9.17) is 0 Å². The molecular weight excluding hydrogens is 300 g/mol. The number of carbonyl (C=O) groups is 1. The quantitative estimate of drug-likeness (QED) is 0.893. The molecule has 0 spiro atoms. The molecule has 0 radical (unpaired) electrons. The van der Waals surface area contributed by atoms with Gasteiger partial charge in [0, 0.05) is 41.3 Å². The molecule has 22 heavy (non-hydrogen) atoms. The molecule has 1 aliphatic rings. The van der Waals surface area contributed by atoms with Crippen LogP contribution in [0.2, 0.25) is 0 Å². The van der Waals surface area contributed by atoms with Crippen LogP contribution in [0.25, 0.3) is 0 Å². The predicted molar refractivity (Wildman–Crippen MR) is 83.7 cm³/mol. The first-order valence-electron chi connectivity index (χ1n) is 7.21. The van der Waals surface area contributed by atoms with Gasteiger partial charge < -0.3 is 9.88 Å². The summed E-state index contributed by atoms with van der Waals surface area (Å²) in [5.74, 6) is 2.10. The summed E-state index contributed by atoms with van der Waals surface area (Å²) in [6, 6.07) is 7.23. The minimum absolute atomic E-state index is 0.154. The van der Waals surface area contributed by atoms with Crippen molar-refractivity contribution in [2.24, 2.45) is 0 Å². The summed E-state index contributed by atoms with van der Waals surface area (Å²) in [4.78, 5) is 12.2. The maximum atomic E-state index is 12.2. The molecule has 7 heteroatoms. The summed E-state index contributed by atoms with van der Waals surface area (Å²) in [6.07, 6.45) is 3.69. The van der Waals surface area contributed by atoms with Gasteiger partial charge in [-0.1, -0.05) is 12.1 Å². The van der Waals surface area contributed by atoms with Crippen LogP contribution in [0.15, 0.2) is 24.3 Å². The summed E-state index contributed by atoms with van der Waals surface area (Å²) < 4.78 is 13.3. The number of amides is 1. The summed E-state index contributed by atoms with van der Waals surface area (Å²) in [5.41, 5.74) is 1.47. The Bertz CT molecular complexity index is 726. The second kappa shape index (κ2) is 6.39. The van der Waals surface area contributed by atoms with E-state index in [2.05, 4.69) is 20.1 Å². The molecule has 1 aromatic heterocycles. The molecule has 116 valence electrons. The van der Waals surface area contributed by atoms with Gasteiger partial charge in [-0.15, -0.1) is 10.2 Å². The Morgan fingerprint density at radius 2 is 2.27 bits per heavy atom. The number of benzene rings is 1. The van der Waals surface area contributed by atoms with Crippen molar-refractivity contribution < 1.29 is 9.00 Å². The maximum absolute atomic E-state index is 12.2. The second-order valence-electron chi connectivity index (χ2n) is 5.39. The summed E-state index contributed by atoms with van der Waals surface area (Å²) in [7, 11) is -0.919. The Kier molecular flexibility index (Phi) is 4.33. The van der Waals surface area contributed by atoms with Gasteiger partial charge in [0.25, 0.3) is 5.91 Å². The van der Waals surface area contributed by atoms with Crippen molar-refractivity contribution in [2.45, 2.75) is 31.7 Å². The molecule has 2 aromatic rings. The average molecular weight is 318 g/mol. The lowest BCUT2D eigenvalue weighted by Gasteiger charge is -2.07. The largest absolute Gasteiger partial charge is 0.345 e. The van der Waals surface area contributed by atoms with Crippen molar-refractivity contribution in [2.75, 3.05) is 6.26 Å². The van der Waals surface area contributed by atoms with E-state index in [1.54, 1.807) is 18.4 Å². The number of hydrogen-bond acceptors (Lipinski definition) is 4. The second-order valence-corrected chi connectivity index (χ2v) is 6.82. The molecule has 1 amide bonds. The van der Waals surface area contributed by atoms with Crippen LogP contribution in [0.4, 0.5) is 0 Å². The zero-order chi connectivity index (χ0) is 15.5. The summed E-state index contributed by atoms with van der Waals surface area (Å²) in [6.45, 7) is 1.29. The van der Waals surface area contributed by atoms with Crippen LogP contribution in [0, 0.1) is 0 Å². The van der Waals surface area contributed by atoms with E-state index < -0.39 is 10.8 Å². The molecule has 0 bridgehead atoms. The van der Waals surface area contributed by atoms with Crippen molar-refractivity contribution >= 4 is 16.7 Å². The third-order valence-corrected chi connectivity index (χ3v) is 4.39. The van der Waals surface area contributed by atoms with Gasteiger partial charge in [-0.25, -0.2) is 0 Å². The van der Waals surface area contributed by atoms with Crippen molar-refractivity contribution in [1.82, 2.24) is 20.1 Å². The molecule has 0 saturated heterocycles. The molecule has 1 unspecified atom stereocenters. The van der Waals surface area contributed by atoms with E-state index in [9.17, 15) is 9.00 Å². The lowest BCUT2D eigenvalue weighted by Crippen LogP contribution is -2.24. The number of hydrogen-bond donors (Lipinski definition) is 1. The molecule has 0 fully saturated rings. The first-order chi connectivity index (χ1) is 10.6. The smallest absolute Gasteiger partial charge is 0.251 e. The van der Waals surface area contributed by atoms with E-state index in [0.717, 1.165) is 36.6 Å². The Balaban J connectivity index is 1.65. The van der Waals surface area contributed by atoms with Gasteiger partial charge in [0.05, 0.1) is 6.54 Å². The highest BCUT2D eigenvalue weighted by atomic mass is 32.2. The van der Waals surface area contributed by atoms with E-state index in [0.29, 0.717) is 17.9 Å². The summed E-state index contributed by atoms with van der Waals surface area (Å²) in [5, 5.41) is 11.1. The number of nitrogens with one attached hydrogen (secondary N) is 1. The molecule has 3 rings (SSSR count). The number of carbonyl (C=O) groups excluding carboxylic acids is 1. The van der Waals surface area contributed by atoms with Crippen LogP contribution >= 0.6 is 0 Å². The third-order valence-electron chi connectivity index (χ3n) is 3.65. The summed E-state index contributed by atoms with van der Waals surface area (Å²) >= 11 is 0. The van der Waals surface area contributed by atoms with Crippen LogP contribution in [-0.2, 0) is 36.1 Å². The van der Waals surface area contributed by atoms with Crippen molar-refractivity contribution in [1.29, 1.82) is 0 Å². The lowest BCUT2D eigenvalue weighted by atomic mass is 10.1. The molecule has 0 saturated carbocycles. The van der Waals surface area contributed by atoms with Crippen molar-refractivity contribution in [3.8, 4) is 0 Å². The highest BCUT2D eigenvalue weighted by Crippen LogP contribution is 2.14. The van der Waals surface area contributed by atoms with Crippen LogP contribution in [0.3, 0.4) is 0 Å².